The van der Waals surface area contributed by atoms with E-state index in [0.29, 0.717) is 11.4 Å². The second kappa shape index (κ2) is 6.23. The van der Waals surface area contributed by atoms with Crippen molar-refractivity contribution >= 4 is 11.6 Å². The van der Waals surface area contributed by atoms with Crippen LogP contribution in [0.1, 0.15) is 13.8 Å². The van der Waals surface area contributed by atoms with Crippen molar-refractivity contribution in [2.45, 2.75) is 19.9 Å². The van der Waals surface area contributed by atoms with Crippen LogP contribution < -0.4 is 10.1 Å². The Morgan fingerprint density at radius 1 is 1.50 bits per heavy atom. The van der Waals surface area contributed by atoms with E-state index in [2.05, 4.69) is 5.32 Å². The van der Waals surface area contributed by atoms with Gasteiger partial charge < -0.3 is 15.0 Å². The lowest BCUT2D eigenvalue weighted by molar-refractivity contribution is -0.129. The van der Waals surface area contributed by atoms with Crippen LogP contribution in [0.4, 0.5) is 10.1 Å². The fourth-order valence-corrected chi connectivity index (χ4v) is 1.39. The molecule has 1 N–H and O–H groups in total. The fraction of sp³-hybridized carbons (Fsp3) is 0.462. The lowest BCUT2D eigenvalue weighted by atomic mass is 10.2. The first-order chi connectivity index (χ1) is 8.45. The molecule has 1 aromatic rings. The molecule has 0 saturated carbocycles. The highest BCUT2D eigenvalue weighted by molar-refractivity contribution is 5.81. The standard InChI is InChI=1S/C13H19FN2O2/c1-9(2)16(3)13(17)8-15-11-6-5-10(14)7-12(11)18-4/h5-7,9,15H,8H2,1-4H3. The summed E-state index contributed by atoms with van der Waals surface area (Å²) in [5, 5.41) is 2.94. The lowest BCUT2D eigenvalue weighted by Gasteiger charge is -2.22. The number of nitrogens with zero attached hydrogens (tertiary/aromatic N) is 1. The first-order valence-corrected chi connectivity index (χ1v) is 5.78. The van der Waals surface area contributed by atoms with Crippen LogP contribution in [0.3, 0.4) is 0 Å². The molecule has 1 aromatic carbocycles. The van der Waals surface area contributed by atoms with Gasteiger partial charge in [-0.3, -0.25) is 4.79 Å². The molecule has 0 fully saturated rings. The van der Waals surface area contributed by atoms with E-state index >= 15 is 0 Å². The van der Waals surface area contributed by atoms with Crippen LogP contribution in [0.25, 0.3) is 0 Å². The van der Waals surface area contributed by atoms with Crippen molar-refractivity contribution in [1.29, 1.82) is 0 Å². The van der Waals surface area contributed by atoms with Crippen LogP contribution >= 0.6 is 0 Å². The Balaban J connectivity index is 2.66. The Morgan fingerprint density at radius 2 is 2.17 bits per heavy atom. The number of rotatable bonds is 5. The Labute approximate surface area is 107 Å². The highest BCUT2D eigenvalue weighted by Crippen LogP contribution is 2.24. The molecule has 0 aliphatic carbocycles. The molecule has 0 atom stereocenters. The third-order valence-electron chi connectivity index (χ3n) is 2.76. The number of ether oxygens (including phenoxy) is 1. The van der Waals surface area contributed by atoms with Crippen molar-refractivity contribution in [2.75, 3.05) is 26.0 Å². The van der Waals surface area contributed by atoms with Crippen LogP contribution in [0, 0.1) is 5.82 Å². The molecule has 0 spiro atoms. The number of benzene rings is 1. The maximum absolute atomic E-state index is 13.0. The van der Waals surface area contributed by atoms with E-state index in [1.165, 1.54) is 19.2 Å². The van der Waals surface area contributed by atoms with E-state index in [9.17, 15) is 9.18 Å². The zero-order valence-corrected chi connectivity index (χ0v) is 11.2. The van der Waals surface area contributed by atoms with Gasteiger partial charge in [0.05, 0.1) is 19.3 Å². The Morgan fingerprint density at radius 3 is 2.72 bits per heavy atom. The summed E-state index contributed by atoms with van der Waals surface area (Å²) in [4.78, 5) is 13.4. The zero-order valence-electron chi connectivity index (χ0n) is 11.2. The number of methoxy groups -OCH3 is 1. The summed E-state index contributed by atoms with van der Waals surface area (Å²) in [6, 6.07) is 4.30. The van der Waals surface area contributed by atoms with Gasteiger partial charge in [0.2, 0.25) is 5.91 Å². The number of hydrogen-bond donors (Lipinski definition) is 1. The Kier molecular flexibility index (Phi) is 4.95. The van der Waals surface area contributed by atoms with Crippen LogP contribution in [0.5, 0.6) is 5.75 Å². The maximum atomic E-state index is 13.0. The van der Waals surface area contributed by atoms with Gasteiger partial charge in [-0.25, -0.2) is 4.39 Å². The summed E-state index contributed by atoms with van der Waals surface area (Å²) in [6.45, 7) is 4.03. The first-order valence-electron chi connectivity index (χ1n) is 5.78. The molecule has 0 aliphatic heterocycles. The number of carbonyl (C=O) groups is 1. The quantitative estimate of drug-likeness (QED) is 0.875. The van der Waals surface area contributed by atoms with Crippen molar-refractivity contribution in [3.8, 4) is 5.75 Å². The summed E-state index contributed by atoms with van der Waals surface area (Å²) in [7, 11) is 3.21. The van der Waals surface area contributed by atoms with Gasteiger partial charge in [-0.05, 0) is 26.0 Å². The van der Waals surface area contributed by atoms with Crippen molar-refractivity contribution < 1.29 is 13.9 Å². The number of nitrogens with one attached hydrogen (secondary N) is 1. The van der Waals surface area contributed by atoms with Gasteiger partial charge in [-0.15, -0.1) is 0 Å². The fourth-order valence-electron chi connectivity index (χ4n) is 1.39. The second-order valence-electron chi connectivity index (χ2n) is 4.30. The number of carbonyl (C=O) groups excluding carboxylic acids is 1. The molecule has 0 saturated heterocycles. The van der Waals surface area contributed by atoms with Crippen molar-refractivity contribution in [1.82, 2.24) is 4.90 Å². The zero-order chi connectivity index (χ0) is 13.7. The number of anilines is 1. The minimum Gasteiger partial charge on any atom is -0.494 e. The number of hydrogen-bond acceptors (Lipinski definition) is 3. The number of halogens is 1. The van der Waals surface area contributed by atoms with Gasteiger partial charge in [0.1, 0.15) is 11.6 Å². The smallest absolute Gasteiger partial charge is 0.241 e. The van der Waals surface area contributed by atoms with Gasteiger partial charge in [-0.1, -0.05) is 0 Å². The van der Waals surface area contributed by atoms with Gasteiger partial charge in [0.25, 0.3) is 0 Å². The molecule has 0 radical (unpaired) electrons. The van der Waals surface area contributed by atoms with Crippen molar-refractivity contribution in [2.24, 2.45) is 0 Å². The predicted molar refractivity (Wildman–Crippen MR) is 69.3 cm³/mol. The van der Waals surface area contributed by atoms with Crippen molar-refractivity contribution in [3.63, 3.8) is 0 Å². The molecule has 4 nitrogen and oxygen atoms in total. The minimum atomic E-state index is -0.372. The normalized spacial score (nSPS) is 10.3. The van der Waals surface area contributed by atoms with Crippen molar-refractivity contribution in [3.05, 3.63) is 24.0 Å². The number of likely N-dealkylation sites (N-methyl/N-ethyl adjacent to an activating group) is 1. The number of amides is 1. The first kappa shape index (κ1) is 14.3. The summed E-state index contributed by atoms with van der Waals surface area (Å²) in [5.74, 6) is -0.0191. The molecule has 0 bridgehead atoms. The summed E-state index contributed by atoms with van der Waals surface area (Å²) in [5.41, 5.74) is 0.601. The molecular formula is C13H19FN2O2. The molecule has 1 amide bonds. The van der Waals surface area contributed by atoms with E-state index in [4.69, 9.17) is 4.74 Å². The predicted octanol–water partition coefficient (Wildman–Crippen LogP) is 2.11. The SMILES string of the molecule is COc1cc(F)ccc1NCC(=O)N(C)C(C)C. The summed E-state index contributed by atoms with van der Waals surface area (Å²) < 4.78 is 18.0. The molecule has 0 heterocycles. The Hall–Kier alpha value is -1.78. The highest BCUT2D eigenvalue weighted by Gasteiger charge is 2.12. The summed E-state index contributed by atoms with van der Waals surface area (Å²) >= 11 is 0. The summed E-state index contributed by atoms with van der Waals surface area (Å²) in [6.07, 6.45) is 0. The van der Waals surface area contributed by atoms with E-state index < -0.39 is 0 Å². The van der Waals surface area contributed by atoms with E-state index in [0.717, 1.165) is 0 Å². The lowest BCUT2D eigenvalue weighted by Crippen LogP contribution is -2.37. The van der Waals surface area contributed by atoms with Gasteiger partial charge in [0, 0.05) is 19.2 Å². The van der Waals surface area contributed by atoms with Crippen LogP contribution in [0.15, 0.2) is 18.2 Å². The molecule has 0 unspecified atom stereocenters. The minimum absolute atomic E-state index is 0.0311. The second-order valence-corrected chi connectivity index (χ2v) is 4.30. The third kappa shape index (κ3) is 3.61. The molecule has 0 aliphatic rings. The van der Waals surface area contributed by atoms with Crippen LogP contribution in [-0.4, -0.2) is 37.6 Å². The highest BCUT2D eigenvalue weighted by atomic mass is 19.1. The van der Waals surface area contributed by atoms with E-state index in [1.807, 2.05) is 13.8 Å². The Bertz CT molecular complexity index is 421. The monoisotopic (exact) mass is 254 g/mol. The maximum Gasteiger partial charge on any atom is 0.241 e. The molecular weight excluding hydrogens is 235 g/mol. The van der Waals surface area contributed by atoms with Gasteiger partial charge in [0.15, 0.2) is 0 Å². The molecule has 0 aromatic heterocycles. The average molecular weight is 254 g/mol. The molecule has 1 rings (SSSR count). The van der Waals surface area contributed by atoms with Gasteiger partial charge in [-0.2, -0.15) is 0 Å². The van der Waals surface area contributed by atoms with E-state index in [-0.39, 0.29) is 24.3 Å². The van der Waals surface area contributed by atoms with Crippen LogP contribution in [0.2, 0.25) is 0 Å². The molecule has 5 heteroatoms. The topological polar surface area (TPSA) is 41.6 Å². The average Bonchev–Trinajstić information content (AvgIpc) is 2.35. The van der Waals surface area contributed by atoms with Gasteiger partial charge >= 0.3 is 0 Å². The molecule has 100 valence electrons. The third-order valence-corrected chi connectivity index (χ3v) is 2.76. The largest absolute Gasteiger partial charge is 0.494 e. The van der Waals surface area contributed by atoms with E-state index in [1.54, 1.807) is 18.0 Å². The van der Waals surface area contributed by atoms with Crippen LogP contribution in [-0.2, 0) is 4.79 Å². The molecule has 18 heavy (non-hydrogen) atoms.